The van der Waals surface area contributed by atoms with Gasteiger partial charge in [0.25, 0.3) is 5.91 Å². The molecule has 0 aliphatic carbocycles. The van der Waals surface area contributed by atoms with Gasteiger partial charge in [-0.15, -0.1) is 0 Å². The summed E-state index contributed by atoms with van der Waals surface area (Å²) in [4.78, 5) is 18.2. The highest BCUT2D eigenvalue weighted by Crippen LogP contribution is 2.52. The summed E-state index contributed by atoms with van der Waals surface area (Å²) in [5.74, 6) is 0.155. The molecule has 8 nitrogen and oxygen atoms in total. The molecule has 1 amide bonds. The number of anilines is 1. The van der Waals surface area contributed by atoms with E-state index in [1.165, 1.54) is 0 Å². The van der Waals surface area contributed by atoms with E-state index in [9.17, 15) is 9.36 Å². The van der Waals surface area contributed by atoms with Gasteiger partial charge in [0.05, 0.1) is 19.4 Å². The number of unbranched alkanes of at least 4 members (excludes halogenated alkanes) is 2. The van der Waals surface area contributed by atoms with Crippen molar-refractivity contribution in [2.24, 2.45) is 5.73 Å². The number of imidazole rings is 1. The van der Waals surface area contributed by atoms with Crippen LogP contribution in [0.2, 0.25) is 0 Å². The zero-order valence-electron chi connectivity index (χ0n) is 16.0. The molecule has 2 heterocycles. The first kappa shape index (κ1) is 20.9. The predicted octanol–water partition coefficient (Wildman–Crippen LogP) is 3.19. The third kappa shape index (κ3) is 5.09. The number of primary amides is 1. The molecule has 2 rings (SSSR count). The lowest BCUT2D eigenvalue weighted by Gasteiger charge is -2.35. The zero-order chi connectivity index (χ0) is 19.2. The van der Waals surface area contributed by atoms with Crippen molar-refractivity contribution >= 4 is 19.5 Å². The van der Waals surface area contributed by atoms with E-state index in [2.05, 4.69) is 16.8 Å². The van der Waals surface area contributed by atoms with Crippen LogP contribution < -0.4 is 10.6 Å². The summed E-state index contributed by atoms with van der Waals surface area (Å²) in [7, 11) is -3.19. The van der Waals surface area contributed by atoms with Crippen LogP contribution >= 0.6 is 7.60 Å². The first-order valence-electron chi connectivity index (χ1n) is 9.45. The van der Waals surface area contributed by atoms with Gasteiger partial charge in [0.15, 0.2) is 0 Å². The highest BCUT2D eigenvalue weighted by atomic mass is 31.2. The molecular formula is C17H31N4O4P. The van der Waals surface area contributed by atoms with Crippen molar-refractivity contribution in [1.29, 1.82) is 0 Å². The number of nitrogens with two attached hydrogens (primary N) is 1. The Morgan fingerprint density at radius 3 is 2.58 bits per heavy atom. The summed E-state index contributed by atoms with van der Waals surface area (Å²) < 4.78 is 25.7. The fourth-order valence-corrected chi connectivity index (χ4v) is 5.23. The van der Waals surface area contributed by atoms with E-state index >= 15 is 0 Å². The van der Waals surface area contributed by atoms with Crippen LogP contribution in [0.5, 0.6) is 0 Å². The molecule has 0 unspecified atom stereocenters. The van der Waals surface area contributed by atoms with Crippen molar-refractivity contribution in [2.45, 2.75) is 52.5 Å². The van der Waals surface area contributed by atoms with Crippen molar-refractivity contribution < 1.29 is 18.4 Å². The number of rotatable bonds is 11. The summed E-state index contributed by atoms with van der Waals surface area (Å²) in [5.41, 5.74) is 5.66. The molecule has 1 aromatic rings. The molecule has 0 aromatic carbocycles. The second kappa shape index (κ2) is 9.53. The van der Waals surface area contributed by atoms with Crippen LogP contribution in [0.3, 0.4) is 0 Å². The van der Waals surface area contributed by atoms with Crippen LogP contribution in [0.15, 0.2) is 6.20 Å². The SMILES string of the molecule is CCCCCN1CC[C@H](CP(=O)(OCC)OCC)n2cc(C(N)=O)nc21. The minimum absolute atomic E-state index is 0.100. The smallest absolute Gasteiger partial charge is 0.332 e. The van der Waals surface area contributed by atoms with Crippen molar-refractivity contribution in [1.82, 2.24) is 9.55 Å². The molecule has 1 aliphatic rings. The highest BCUT2D eigenvalue weighted by Gasteiger charge is 2.34. The maximum absolute atomic E-state index is 12.9. The summed E-state index contributed by atoms with van der Waals surface area (Å²) in [6.45, 7) is 8.10. The summed E-state index contributed by atoms with van der Waals surface area (Å²) >= 11 is 0. The number of carbonyl (C=O) groups is 1. The maximum atomic E-state index is 12.9. The normalized spacial score (nSPS) is 17.3. The minimum Gasteiger partial charge on any atom is -0.364 e. The van der Waals surface area contributed by atoms with Gasteiger partial charge in [-0.1, -0.05) is 19.8 Å². The second-order valence-electron chi connectivity index (χ2n) is 6.46. The van der Waals surface area contributed by atoms with Crippen molar-refractivity contribution in [3.05, 3.63) is 11.9 Å². The van der Waals surface area contributed by atoms with Gasteiger partial charge < -0.3 is 24.2 Å². The summed E-state index contributed by atoms with van der Waals surface area (Å²) in [5, 5.41) is 0. The number of amides is 1. The standard InChI is InChI=1S/C17H31N4O4P/c1-4-7-8-10-20-11-9-14(13-26(23,24-5-2)25-6-3)21-12-15(16(18)22)19-17(20)21/h12,14H,4-11,13H2,1-3H3,(H2,18,22)/t14-/m1/s1. The Kier molecular flexibility index (Phi) is 7.68. The van der Waals surface area contributed by atoms with E-state index in [1.807, 2.05) is 4.57 Å². The second-order valence-corrected chi connectivity index (χ2v) is 8.57. The van der Waals surface area contributed by atoms with E-state index < -0.39 is 13.5 Å². The first-order chi connectivity index (χ1) is 12.4. The van der Waals surface area contributed by atoms with E-state index in [-0.39, 0.29) is 17.9 Å². The quantitative estimate of drug-likeness (QED) is 0.463. The molecule has 0 spiro atoms. The van der Waals surface area contributed by atoms with Gasteiger partial charge in [-0.3, -0.25) is 9.36 Å². The topological polar surface area (TPSA) is 99.7 Å². The molecule has 148 valence electrons. The molecule has 0 saturated heterocycles. The van der Waals surface area contributed by atoms with E-state index in [0.29, 0.717) is 19.2 Å². The number of fused-ring (bicyclic) bond motifs is 1. The van der Waals surface area contributed by atoms with Gasteiger partial charge in [0.2, 0.25) is 5.95 Å². The average molecular weight is 386 g/mol. The molecule has 1 atom stereocenters. The number of hydrogen-bond donors (Lipinski definition) is 1. The molecule has 26 heavy (non-hydrogen) atoms. The fourth-order valence-electron chi connectivity index (χ4n) is 3.29. The van der Waals surface area contributed by atoms with Crippen LogP contribution in [0.1, 0.15) is 63.0 Å². The van der Waals surface area contributed by atoms with Gasteiger partial charge in [0, 0.05) is 25.3 Å². The molecule has 0 saturated carbocycles. The summed E-state index contributed by atoms with van der Waals surface area (Å²) in [6, 6.07) is -0.100. The number of hydrogen-bond acceptors (Lipinski definition) is 6. The van der Waals surface area contributed by atoms with E-state index in [4.69, 9.17) is 14.8 Å². The van der Waals surface area contributed by atoms with E-state index in [1.54, 1.807) is 20.0 Å². The lowest BCUT2D eigenvalue weighted by molar-refractivity contribution is 0.0996. The Labute approximate surface area is 155 Å². The Balaban J connectivity index is 2.25. The van der Waals surface area contributed by atoms with Crippen molar-refractivity contribution in [2.75, 3.05) is 37.4 Å². The molecule has 0 fully saturated rings. The molecular weight excluding hydrogens is 355 g/mol. The van der Waals surface area contributed by atoms with Crippen LogP contribution in [0, 0.1) is 0 Å². The lowest BCUT2D eigenvalue weighted by Crippen LogP contribution is -2.36. The van der Waals surface area contributed by atoms with Gasteiger partial charge >= 0.3 is 7.60 Å². The van der Waals surface area contributed by atoms with Crippen molar-refractivity contribution in [3.8, 4) is 0 Å². The Morgan fingerprint density at radius 2 is 2.00 bits per heavy atom. The molecule has 1 aromatic heterocycles. The molecule has 1 aliphatic heterocycles. The molecule has 9 heteroatoms. The Hall–Kier alpha value is -1.37. The molecule has 2 N–H and O–H groups in total. The first-order valence-corrected chi connectivity index (χ1v) is 11.2. The fraction of sp³-hybridized carbons (Fsp3) is 0.765. The highest BCUT2D eigenvalue weighted by molar-refractivity contribution is 7.53. The van der Waals surface area contributed by atoms with Gasteiger partial charge in [-0.2, -0.15) is 0 Å². The van der Waals surface area contributed by atoms with E-state index in [0.717, 1.165) is 38.8 Å². The van der Waals surface area contributed by atoms with Gasteiger partial charge in [0.1, 0.15) is 5.69 Å². The Morgan fingerprint density at radius 1 is 1.31 bits per heavy atom. The van der Waals surface area contributed by atoms with Crippen LogP contribution in [-0.4, -0.2) is 47.9 Å². The van der Waals surface area contributed by atoms with Crippen molar-refractivity contribution in [3.63, 3.8) is 0 Å². The number of aromatic nitrogens is 2. The van der Waals surface area contributed by atoms with Gasteiger partial charge in [-0.25, -0.2) is 4.98 Å². The largest absolute Gasteiger partial charge is 0.364 e. The van der Waals surface area contributed by atoms with Crippen LogP contribution in [0.4, 0.5) is 5.95 Å². The third-order valence-corrected chi connectivity index (χ3v) is 6.66. The predicted molar refractivity (Wildman–Crippen MR) is 102 cm³/mol. The van der Waals surface area contributed by atoms with Crippen LogP contribution in [-0.2, 0) is 13.6 Å². The van der Waals surface area contributed by atoms with Gasteiger partial charge in [-0.05, 0) is 26.7 Å². The number of carbonyl (C=O) groups excluding carboxylic acids is 1. The minimum atomic E-state index is -3.19. The molecule has 0 bridgehead atoms. The Bertz CT molecular complexity index is 639. The number of nitrogens with zero attached hydrogens (tertiary/aromatic N) is 3. The average Bonchev–Trinajstić information content (AvgIpc) is 3.03. The molecule has 0 radical (unpaired) electrons. The summed E-state index contributed by atoms with van der Waals surface area (Å²) in [6.07, 6.45) is 6.07. The van der Waals surface area contributed by atoms with Crippen LogP contribution in [0.25, 0.3) is 0 Å². The lowest BCUT2D eigenvalue weighted by atomic mass is 10.1. The maximum Gasteiger partial charge on any atom is 0.332 e. The zero-order valence-corrected chi connectivity index (χ0v) is 16.9. The monoisotopic (exact) mass is 386 g/mol. The third-order valence-electron chi connectivity index (χ3n) is 4.49.